The molecule has 0 bridgehead atoms. The molecule has 2 unspecified atom stereocenters. The third-order valence-electron chi connectivity index (χ3n) is 6.80. The minimum Gasteiger partial charge on any atom is -0.316 e. The van der Waals surface area contributed by atoms with E-state index in [1.807, 2.05) is 6.07 Å². The van der Waals surface area contributed by atoms with Crippen LogP contribution in [0.5, 0.6) is 0 Å². The average Bonchev–Trinajstić information content (AvgIpc) is 3.38. The Balaban J connectivity index is 1.39. The second-order valence-electron chi connectivity index (χ2n) is 8.67. The minimum absolute atomic E-state index is 0.126. The van der Waals surface area contributed by atoms with E-state index in [-0.39, 0.29) is 18.7 Å². The summed E-state index contributed by atoms with van der Waals surface area (Å²) in [4.78, 5) is 53.2. The maximum absolute atomic E-state index is 13.2. The van der Waals surface area contributed by atoms with Gasteiger partial charge in [-0.1, -0.05) is 12.1 Å². The van der Waals surface area contributed by atoms with Crippen molar-refractivity contribution in [2.45, 2.75) is 38.3 Å². The van der Waals surface area contributed by atoms with E-state index in [0.717, 1.165) is 43.1 Å². The minimum atomic E-state index is -0.924. The van der Waals surface area contributed by atoms with Crippen molar-refractivity contribution in [3.05, 3.63) is 34.9 Å². The van der Waals surface area contributed by atoms with E-state index in [1.165, 1.54) is 6.42 Å². The molecule has 0 aliphatic carbocycles. The molecule has 1 spiro atoms. The lowest BCUT2D eigenvalue weighted by Crippen LogP contribution is -2.54. The Morgan fingerprint density at radius 1 is 1.10 bits per heavy atom. The molecule has 8 heteroatoms. The van der Waals surface area contributed by atoms with Crippen molar-refractivity contribution in [3.63, 3.8) is 0 Å². The van der Waals surface area contributed by atoms with E-state index in [2.05, 4.69) is 15.5 Å². The van der Waals surface area contributed by atoms with Gasteiger partial charge in [-0.25, -0.2) is 0 Å². The molecule has 3 saturated heterocycles. The number of piperidine rings is 1. The number of carbonyl (C=O) groups is 4. The molecule has 1 aromatic rings. The number of carbonyl (C=O) groups excluding carboxylic acids is 4. The van der Waals surface area contributed by atoms with Crippen molar-refractivity contribution in [3.8, 4) is 0 Å². The Labute approximate surface area is 168 Å². The quantitative estimate of drug-likeness (QED) is 0.712. The van der Waals surface area contributed by atoms with Gasteiger partial charge in [0.05, 0.1) is 11.1 Å². The van der Waals surface area contributed by atoms with Crippen LogP contribution in [0.4, 0.5) is 0 Å². The first-order valence-electron chi connectivity index (χ1n) is 10.2. The lowest BCUT2D eigenvalue weighted by atomic mass is 9.86. The third kappa shape index (κ3) is 2.98. The number of nitrogens with one attached hydrogen (secondary N) is 2. The van der Waals surface area contributed by atoms with E-state index in [9.17, 15) is 19.2 Å². The molecule has 5 rings (SSSR count). The van der Waals surface area contributed by atoms with Gasteiger partial charge in [-0.05, 0) is 49.4 Å². The molecule has 4 heterocycles. The lowest BCUT2D eigenvalue weighted by molar-refractivity contribution is -0.136. The van der Waals surface area contributed by atoms with Crippen LogP contribution in [0.3, 0.4) is 0 Å². The van der Waals surface area contributed by atoms with Gasteiger partial charge >= 0.3 is 0 Å². The highest BCUT2D eigenvalue weighted by Crippen LogP contribution is 2.37. The standard InChI is InChI=1S/C21H24N4O4/c26-16-5-4-15(18(27)23-16)25-19(28)14-3-1-2-13(17(14)20(25)29)10-24-9-7-21(12-24)6-8-22-11-21/h1-3,15,22H,4-12H2,(H,23,26,27). The summed E-state index contributed by atoms with van der Waals surface area (Å²) in [5, 5.41) is 5.69. The first-order chi connectivity index (χ1) is 14.0. The predicted octanol–water partition coefficient (Wildman–Crippen LogP) is 0.273. The summed E-state index contributed by atoms with van der Waals surface area (Å²) in [5.74, 6) is -1.81. The Morgan fingerprint density at radius 3 is 2.72 bits per heavy atom. The molecular formula is C21H24N4O4. The van der Waals surface area contributed by atoms with Crippen LogP contribution in [0, 0.1) is 5.41 Å². The number of hydrogen-bond donors (Lipinski definition) is 2. The number of imide groups is 2. The number of benzene rings is 1. The zero-order chi connectivity index (χ0) is 20.2. The van der Waals surface area contributed by atoms with E-state index in [0.29, 0.717) is 23.1 Å². The Hall–Kier alpha value is -2.58. The van der Waals surface area contributed by atoms with E-state index in [4.69, 9.17) is 0 Å². The van der Waals surface area contributed by atoms with Gasteiger partial charge in [0.25, 0.3) is 11.8 Å². The van der Waals surface area contributed by atoms with Gasteiger partial charge in [-0.3, -0.25) is 34.3 Å². The van der Waals surface area contributed by atoms with Crippen LogP contribution < -0.4 is 10.6 Å². The number of nitrogens with zero attached hydrogens (tertiary/aromatic N) is 2. The molecule has 4 aliphatic heterocycles. The highest BCUT2D eigenvalue weighted by Gasteiger charge is 2.46. The Kier molecular flexibility index (Phi) is 4.29. The normalized spacial score (nSPS) is 29.8. The summed E-state index contributed by atoms with van der Waals surface area (Å²) < 4.78 is 0. The van der Waals surface area contributed by atoms with Crippen molar-refractivity contribution < 1.29 is 19.2 Å². The number of rotatable bonds is 3. The number of amides is 4. The summed E-state index contributed by atoms with van der Waals surface area (Å²) in [7, 11) is 0. The fourth-order valence-corrected chi connectivity index (χ4v) is 5.26. The van der Waals surface area contributed by atoms with Gasteiger partial charge in [0, 0.05) is 26.1 Å². The zero-order valence-electron chi connectivity index (χ0n) is 16.2. The summed E-state index contributed by atoms with van der Waals surface area (Å²) in [5.41, 5.74) is 1.93. The van der Waals surface area contributed by atoms with Crippen molar-refractivity contribution in [1.82, 2.24) is 20.4 Å². The third-order valence-corrected chi connectivity index (χ3v) is 6.80. The molecule has 0 saturated carbocycles. The summed E-state index contributed by atoms with van der Waals surface area (Å²) in [6.07, 6.45) is 2.62. The fourth-order valence-electron chi connectivity index (χ4n) is 5.26. The fraction of sp³-hybridized carbons (Fsp3) is 0.524. The van der Waals surface area contributed by atoms with Crippen LogP contribution >= 0.6 is 0 Å². The predicted molar refractivity (Wildman–Crippen MR) is 103 cm³/mol. The van der Waals surface area contributed by atoms with E-state index < -0.39 is 23.8 Å². The number of fused-ring (bicyclic) bond motifs is 1. The van der Waals surface area contributed by atoms with E-state index in [1.54, 1.807) is 12.1 Å². The summed E-state index contributed by atoms with van der Waals surface area (Å²) in [6, 6.07) is 4.43. The molecule has 2 atom stereocenters. The summed E-state index contributed by atoms with van der Waals surface area (Å²) in [6.45, 7) is 4.68. The van der Waals surface area contributed by atoms with Crippen LogP contribution in [0.2, 0.25) is 0 Å². The van der Waals surface area contributed by atoms with Gasteiger partial charge in [-0.15, -0.1) is 0 Å². The zero-order valence-corrected chi connectivity index (χ0v) is 16.2. The Morgan fingerprint density at radius 2 is 1.97 bits per heavy atom. The van der Waals surface area contributed by atoms with Crippen molar-refractivity contribution in [2.24, 2.45) is 5.41 Å². The lowest BCUT2D eigenvalue weighted by Gasteiger charge is -2.28. The molecule has 4 amide bonds. The molecule has 2 N–H and O–H groups in total. The molecular weight excluding hydrogens is 372 g/mol. The van der Waals surface area contributed by atoms with Crippen LogP contribution in [-0.2, 0) is 16.1 Å². The van der Waals surface area contributed by atoms with Crippen molar-refractivity contribution in [1.29, 1.82) is 0 Å². The maximum Gasteiger partial charge on any atom is 0.262 e. The molecule has 3 fully saturated rings. The molecule has 29 heavy (non-hydrogen) atoms. The molecule has 152 valence electrons. The molecule has 0 radical (unpaired) electrons. The smallest absolute Gasteiger partial charge is 0.262 e. The van der Waals surface area contributed by atoms with Gasteiger partial charge in [-0.2, -0.15) is 0 Å². The maximum atomic E-state index is 13.2. The summed E-state index contributed by atoms with van der Waals surface area (Å²) >= 11 is 0. The number of hydrogen-bond acceptors (Lipinski definition) is 6. The molecule has 4 aliphatic rings. The first-order valence-corrected chi connectivity index (χ1v) is 10.2. The highest BCUT2D eigenvalue weighted by atomic mass is 16.2. The SMILES string of the molecule is O=C1CCC(N2C(=O)c3cccc(CN4CCC5(CCNC5)C4)c3C2=O)C(=O)N1. The number of likely N-dealkylation sites (tertiary alicyclic amines) is 1. The van der Waals surface area contributed by atoms with Gasteiger partial charge in [0.1, 0.15) is 6.04 Å². The topological polar surface area (TPSA) is 98.8 Å². The van der Waals surface area contributed by atoms with Crippen molar-refractivity contribution in [2.75, 3.05) is 26.2 Å². The van der Waals surface area contributed by atoms with Gasteiger partial charge in [0.15, 0.2) is 0 Å². The Bertz CT molecular complexity index is 921. The van der Waals surface area contributed by atoms with Crippen LogP contribution in [-0.4, -0.2) is 65.6 Å². The van der Waals surface area contributed by atoms with Crippen LogP contribution in [0.25, 0.3) is 0 Å². The average molecular weight is 396 g/mol. The van der Waals surface area contributed by atoms with Crippen LogP contribution in [0.15, 0.2) is 18.2 Å². The van der Waals surface area contributed by atoms with Gasteiger partial charge in [0.2, 0.25) is 11.8 Å². The monoisotopic (exact) mass is 396 g/mol. The second-order valence-corrected chi connectivity index (χ2v) is 8.67. The molecule has 8 nitrogen and oxygen atoms in total. The first kappa shape index (κ1) is 18.4. The molecule has 1 aromatic carbocycles. The van der Waals surface area contributed by atoms with Crippen LogP contribution in [0.1, 0.15) is 52.0 Å². The van der Waals surface area contributed by atoms with E-state index >= 15 is 0 Å². The largest absolute Gasteiger partial charge is 0.316 e. The van der Waals surface area contributed by atoms with Crippen molar-refractivity contribution >= 4 is 23.6 Å². The second kappa shape index (κ2) is 6.74. The molecule has 0 aromatic heterocycles. The van der Waals surface area contributed by atoms with Gasteiger partial charge < -0.3 is 5.32 Å². The highest BCUT2D eigenvalue weighted by molar-refractivity contribution is 6.24.